The summed E-state index contributed by atoms with van der Waals surface area (Å²) in [7, 11) is 0. The van der Waals surface area contributed by atoms with Gasteiger partial charge in [-0.3, -0.25) is 0 Å². The highest BCUT2D eigenvalue weighted by atomic mass is 32.2. The Kier molecular flexibility index (Phi) is 4.26. The summed E-state index contributed by atoms with van der Waals surface area (Å²) in [5, 5.41) is 6.61. The van der Waals surface area contributed by atoms with Crippen molar-refractivity contribution in [2.75, 3.05) is 0 Å². The zero-order valence-corrected chi connectivity index (χ0v) is 8.24. The van der Waals surface area contributed by atoms with E-state index in [1.807, 2.05) is 0 Å². The van der Waals surface area contributed by atoms with Gasteiger partial charge in [-0.2, -0.15) is 17.6 Å². The van der Waals surface area contributed by atoms with Gasteiger partial charge in [0.2, 0.25) is 0 Å². The van der Waals surface area contributed by atoms with Crippen LogP contribution in [0.2, 0.25) is 0 Å². The van der Waals surface area contributed by atoms with Crippen molar-refractivity contribution in [3.05, 3.63) is 0 Å². The van der Waals surface area contributed by atoms with E-state index in [0.29, 0.717) is 0 Å². The second-order valence-electron chi connectivity index (χ2n) is 1.59. The first-order chi connectivity index (χ1) is 6.08. The van der Waals surface area contributed by atoms with Crippen LogP contribution >= 0.6 is 34.9 Å². The normalized spacial score (nSPS) is 11.5. The topological polar surface area (TPSA) is 25.8 Å². The van der Waals surface area contributed by atoms with E-state index in [2.05, 4.69) is 10.2 Å². The molecule has 0 aliphatic rings. The van der Waals surface area contributed by atoms with Crippen molar-refractivity contribution in [1.29, 1.82) is 0 Å². The van der Waals surface area contributed by atoms with E-state index in [-0.39, 0.29) is 32.2 Å². The molecule has 0 unspecified atom stereocenters. The van der Waals surface area contributed by atoms with Gasteiger partial charge in [-0.05, 0) is 23.5 Å². The number of halogens is 4. The number of hydrogen-bond acceptors (Lipinski definition) is 5. The number of hydrogen-bond donors (Lipinski definition) is 0. The van der Waals surface area contributed by atoms with E-state index in [9.17, 15) is 17.6 Å². The van der Waals surface area contributed by atoms with Crippen molar-refractivity contribution in [2.45, 2.75) is 20.2 Å². The molecule has 0 aliphatic heterocycles. The molecule has 13 heavy (non-hydrogen) atoms. The Labute approximate surface area is 83.1 Å². The molecule has 0 bridgehead atoms. The number of rotatable bonds is 4. The van der Waals surface area contributed by atoms with Gasteiger partial charge < -0.3 is 0 Å². The summed E-state index contributed by atoms with van der Waals surface area (Å²) in [5.74, 6) is -5.20. The lowest BCUT2D eigenvalue weighted by Crippen LogP contribution is -1.80. The zero-order chi connectivity index (χ0) is 9.84. The van der Waals surface area contributed by atoms with E-state index < -0.39 is 11.5 Å². The molecule has 1 heterocycles. The molecule has 2 nitrogen and oxygen atoms in total. The minimum absolute atomic E-state index is 0.00171. The fourth-order valence-electron chi connectivity index (χ4n) is 0.445. The maximum absolute atomic E-state index is 11.7. The van der Waals surface area contributed by atoms with Crippen LogP contribution in [0, 0.1) is 0 Å². The van der Waals surface area contributed by atoms with Crippen LogP contribution in [0.4, 0.5) is 17.6 Å². The number of alkyl halides is 4. The second kappa shape index (κ2) is 5.01. The summed E-state index contributed by atoms with van der Waals surface area (Å²) in [4.78, 5) is 0. The van der Waals surface area contributed by atoms with E-state index in [1.54, 1.807) is 0 Å². The molecule has 0 fully saturated rings. The summed E-state index contributed by atoms with van der Waals surface area (Å²) >= 11 is 1.13. The van der Waals surface area contributed by atoms with Crippen LogP contribution in [-0.2, 0) is 0 Å². The molecule has 1 rings (SSSR count). The molecule has 0 amide bonds. The average molecular weight is 250 g/mol. The van der Waals surface area contributed by atoms with Gasteiger partial charge in [0, 0.05) is 0 Å². The summed E-state index contributed by atoms with van der Waals surface area (Å²) in [6.07, 6.45) is 0. The Morgan fingerprint density at radius 1 is 0.923 bits per heavy atom. The molecule has 0 radical (unpaired) electrons. The molecule has 9 heteroatoms. The molecule has 0 N–H and O–H groups in total. The van der Waals surface area contributed by atoms with E-state index in [0.717, 1.165) is 11.3 Å². The van der Waals surface area contributed by atoms with Gasteiger partial charge in [0.25, 0.3) is 11.5 Å². The molecule has 1 aromatic heterocycles. The fraction of sp³-hybridized carbons (Fsp3) is 0.500. The van der Waals surface area contributed by atoms with Crippen LogP contribution < -0.4 is 0 Å². The van der Waals surface area contributed by atoms with Crippen molar-refractivity contribution < 1.29 is 17.6 Å². The van der Waals surface area contributed by atoms with Crippen LogP contribution in [0.5, 0.6) is 0 Å². The largest absolute Gasteiger partial charge is 0.291 e. The summed E-state index contributed by atoms with van der Waals surface area (Å²) in [6, 6.07) is 0. The SMILES string of the molecule is FC(F)Sc1nnc(SC(F)F)s1. The van der Waals surface area contributed by atoms with Crippen LogP contribution in [0.1, 0.15) is 0 Å². The first kappa shape index (κ1) is 11.1. The van der Waals surface area contributed by atoms with Crippen LogP contribution in [0.3, 0.4) is 0 Å². The quantitative estimate of drug-likeness (QED) is 0.605. The van der Waals surface area contributed by atoms with Gasteiger partial charge in [-0.25, -0.2) is 0 Å². The van der Waals surface area contributed by atoms with Crippen LogP contribution in [0.25, 0.3) is 0 Å². The van der Waals surface area contributed by atoms with Gasteiger partial charge >= 0.3 is 0 Å². The predicted octanol–water partition coefficient (Wildman–Crippen LogP) is 3.17. The Morgan fingerprint density at radius 2 is 1.31 bits per heavy atom. The van der Waals surface area contributed by atoms with Crippen molar-refractivity contribution in [3.63, 3.8) is 0 Å². The fourth-order valence-corrected chi connectivity index (χ4v) is 2.69. The molecule has 0 aliphatic carbocycles. The van der Waals surface area contributed by atoms with E-state index in [4.69, 9.17) is 0 Å². The van der Waals surface area contributed by atoms with Crippen LogP contribution in [0.15, 0.2) is 8.68 Å². The van der Waals surface area contributed by atoms with Crippen molar-refractivity contribution in [3.8, 4) is 0 Å². The Hall–Kier alpha value is -0.0200. The first-order valence-corrected chi connectivity index (χ1v) is 5.38. The molecule has 0 saturated carbocycles. The zero-order valence-electron chi connectivity index (χ0n) is 5.79. The van der Waals surface area contributed by atoms with Gasteiger partial charge in [-0.15, -0.1) is 10.2 Å². The lowest BCUT2D eigenvalue weighted by Gasteiger charge is -1.90. The lowest BCUT2D eigenvalue weighted by molar-refractivity contribution is 0.251. The number of nitrogens with zero attached hydrogens (tertiary/aromatic N) is 2. The highest BCUT2D eigenvalue weighted by Crippen LogP contribution is 2.34. The maximum Gasteiger partial charge on any atom is 0.291 e. The first-order valence-electron chi connectivity index (χ1n) is 2.81. The third-order valence-corrected chi connectivity index (χ3v) is 3.28. The summed E-state index contributed by atoms with van der Waals surface area (Å²) < 4.78 is 47.0. The molecule has 0 atom stereocenters. The molecular formula is C4H2F4N2S3. The average Bonchev–Trinajstić information content (AvgIpc) is 2.33. The standard InChI is InChI=1S/C4H2F4N2S3/c5-1(6)11-3-9-10-4(13-3)12-2(7)8/h1-2H. The second-order valence-corrected chi connectivity index (χ2v) is 5.04. The molecule has 1 aromatic rings. The maximum atomic E-state index is 11.7. The lowest BCUT2D eigenvalue weighted by atomic mass is 11.5. The minimum atomic E-state index is -2.60. The molecule has 74 valence electrons. The third kappa shape index (κ3) is 4.14. The predicted molar refractivity (Wildman–Crippen MR) is 43.6 cm³/mol. The monoisotopic (exact) mass is 250 g/mol. The molecular weight excluding hydrogens is 248 g/mol. The van der Waals surface area contributed by atoms with Crippen molar-refractivity contribution in [2.24, 2.45) is 0 Å². The van der Waals surface area contributed by atoms with Gasteiger partial charge in [-0.1, -0.05) is 11.3 Å². The van der Waals surface area contributed by atoms with Gasteiger partial charge in [0.1, 0.15) is 0 Å². The van der Waals surface area contributed by atoms with E-state index in [1.165, 1.54) is 0 Å². The number of aromatic nitrogens is 2. The number of thioether (sulfide) groups is 2. The summed E-state index contributed by atoms with van der Waals surface area (Å²) in [6.45, 7) is 0. The molecule has 0 spiro atoms. The third-order valence-electron chi connectivity index (χ3n) is 0.768. The Balaban J connectivity index is 2.53. The smallest absolute Gasteiger partial charge is 0.197 e. The molecule has 0 saturated heterocycles. The van der Waals surface area contributed by atoms with Crippen molar-refractivity contribution >= 4 is 34.9 Å². The van der Waals surface area contributed by atoms with E-state index >= 15 is 0 Å². The van der Waals surface area contributed by atoms with Gasteiger partial charge in [0.15, 0.2) is 8.68 Å². The van der Waals surface area contributed by atoms with Crippen LogP contribution in [-0.4, -0.2) is 21.7 Å². The van der Waals surface area contributed by atoms with Gasteiger partial charge in [0.05, 0.1) is 0 Å². The molecule has 0 aromatic carbocycles. The highest BCUT2D eigenvalue weighted by molar-refractivity contribution is 8.03. The highest BCUT2D eigenvalue weighted by Gasteiger charge is 2.14. The Bertz CT molecular complexity index is 241. The van der Waals surface area contributed by atoms with Crippen molar-refractivity contribution in [1.82, 2.24) is 10.2 Å². The Morgan fingerprint density at radius 3 is 1.62 bits per heavy atom. The summed E-state index contributed by atoms with van der Waals surface area (Å²) in [5.41, 5.74) is 0. The minimum Gasteiger partial charge on any atom is -0.197 e.